The van der Waals surface area contributed by atoms with Crippen molar-refractivity contribution in [1.82, 2.24) is 10.2 Å². The van der Waals surface area contributed by atoms with Gasteiger partial charge in [0.25, 0.3) is 0 Å². The van der Waals surface area contributed by atoms with E-state index in [-0.39, 0.29) is 11.8 Å². The second-order valence-electron chi connectivity index (χ2n) is 5.39. The van der Waals surface area contributed by atoms with E-state index in [0.29, 0.717) is 18.7 Å². The average molecular weight is 385 g/mol. The molecular weight excluding hydrogens is 364 g/mol. The van der Waals surface area contributed by atoms with Gasteiger partial charge in [0.05, 0.1) is 5.75 Å². The van der Waals surface area contributed by atoms with Gasteiger partial charge in [-0.1, -0.05) is 15.9 Å². The molecule has 0 bridgehead atoms. The van der Waals surface area contributed by atoms with Gasteiger partial charge in [0.1, 0.15) is 0 Å². The molecule has 120 valence electrons. The molecule has 0 aromatic heterocycles. The minimum absolute atomic E-state index is 0.0264. The van der Waals surface area contributed by atoms with Crippen molar-refractivity contribution in [2.45, 2.75) is 31.1 Å². The molecule has 1 aliphatic heterocycles. The third-order valence-corrected chi connectivity index (χ3v) is 5.28. The van der Waals surface area contributed by atoms with Crippen molar-refractivity contribution < 1.29 is 9.59 Å². The van der Waals surface area contributed by atoms with Gasteiger partial charge in [-0.2, -0.15) is 0 Å². The quantitative estimate of drug-likeness (QED) is 0.766. The van der Waals surface area contributed by atoms with Crippen molar-refractivity contribution in [2.24, 2.45) is 0 Å². The summed E-state index contributed by atoms with van der Waals surface area (Å²) in [5.41, 5.74) is 1.15. The van der Waals surface area contributed by atoms with E-state index in [1.165, 1.54) is 11.8 Å². The van der Waals surface area contributed by atoms with Gasteiger partial charge in [-0.15, -0.1) is 11.8 Å². The van der Waals surface area contributed by atoms with Gasteiger partial charge in [-0.05, 0) is 43.5 Å². The number of hydrogen-bond acceptors (Lipinski definition) is 3. The summed E-state index contributed by atoms with van der Waals surface area (Å²) < 4.78 is 1.04. The maximum absolute atomic E-state index is 11.8. The highest BCUT2D eigenvalue weighted by Crippen LogP contribution is 2.25. The predicted octanol–water partition coefficient (Wildman–Crippen LogP) is 2.98. The lowest BCUT2D eigenvalue weighted by atomic mass is 10.2. The Morgan fingerprint density at radius 2 is 2.05 bits per heavy atom. The van der Waals surface area contributed by atoms with E-state index in [1.54, 1.807) is 0 Å². The van der Waals surface area contributed by atoms with E-state index in [9.17, 15) is 9.59 Å². The van der Waals surface area contributed by atoms with Crippen LogP contribution in [0.5, 0.6) is 0 Å². The number of nitrogens with zero attached hydrogens (tertiary/aromatic N) is 1. The summed E-state index contributed by atoms with van der Waals surface area (Å²) in [4.78, 5) is 26.7. The van der Waals surface area contributed by atoms with Crippen LogP contribution in [0, 0.1) is 6.92 Å². The summed E-state index contributed by atoms with van der Waals surface area (Å²) in [6.45, 7) is 4.19. The molecule has 6 heteroatoms. The number of carbonyl (C=O) groups is 2. The van der Waals surface area contributed by atoms with E-state index in [1.807, 2.05) is 30.0 Å². The van der Waals surface area contributed by atoms with Crippen molar-refractivity contribution in [3.05, 3.63) is 28.2 Å². The van der Waals surface area contributed by atoms with Crippen LogP contribution in [0.3, 0.4) is 0 Å². The Morgan fingerprint density at radius 1 is 1.32 bits per heavy atom. The number of benzene rings is 1. The van der Waals surface area contributed by atoms with Gasteiger partial charge in [0, 0.05) is 35.4 Å². The second-order valence-corrected chi connectivity index (χ2v) is 7.32. The predicted molar refractivity (Wildman–Crippen MR) is 93.0 cm³/mol. The average Bonchev–Trinajstić information content (AvgIpc) is 3.00. The van der Waals surface area contributed by atoms with Crippen LogP contribution in [-0.4, -0.2) is 42.1 Å². The lowest BCUT2D eigenvalue weighted by Crippen LogP contribution is -2.33. The normalized spacial score (nSPS) is 14.2. The number of aryl methyl sites for hydroxylation is 1. The molecule has 2 rings (SSSR count). The number of likely N-dealkylation sites (tertiary alicyclic amines) is 1. The summed E-state index contributed by atoms with van der Waals surface area (Å²) in [5.74, 6) is 0.496. The van der Waals surface area contributed by atoms with Gasteiger partial charge in [-0.25, -0.2) is 0 Å². The number of thioether (sulfide) groups is 1. The van der Waals surface area contributed by atoms with E-state index >= 15 is 0 Å². The number of amides is 2. The van der Waals surface area contributed by atoms with Crippen LogP contribution in [-0.2, 0) is 9.59 Å². The van der Waals surface area contributed by atoms with E-state index in [4.69, 9.17) is 0 Å². The molecule has 1 fully saturated rings. The smallest absolute Gasteiger partial charge is 0.230 e. The summed E-state index contributed by atoms with van der Waals surface area (Å²) in [5, 5.41) is 2.82. The molecule has 2 amide bonds. The third kappa shape index (κ3) is 5.32. The molecule has 1 N–H and O–H groups in total. The molecule has 0 aliphatic carbocycles. The Kier molecular flexibility index (Phi) is 6.76. The molecule has 0 radical (unpaired) electrons. The second kappa shape index (κ2) is 8.58. The number of nitrogens with one attached hydrogen (secondary N) is 1. The highest BCUT2D eigenvalue weighted by Gasteiger charge is 2.17. The SMILES string of the molecule is Cc1cc(Br)ccc1SCC(=O)NCCC(=O)N1CCCC1. The van der Waals surface area contributed by atoms with Gasteiger partial charge in [0.15, 0.2) is 0 Å². The first kappa shape index (κ1) is 17.3. The zero-order chi connectivity index (χ0) is 15.9. The van der Waals surface area contributed by atoms with Crippen LogP contribution in [0.4, 0.5) is 0 Å². The van der Waals surface area contributed by atoms with Crippen LogP contribution in [0.25, 0.3) is 0 Å². The fourth-order valence-electron chi connectivity index (χ4n) is 2.40. The summed E-state index contributed by atoms with van der Waals surface area (Å²) in [6, 6.07) is 6.02. The zero-order valence-electron chi connectivity index (χ0n) is 12.7. The Hall–Kier alpha value is -1.01. The monoisotopic (exact) mass is 384 g/mol. The Labute approximate surface area is 144 Å². The van der Waals surface area contributed by atoms with E-state index in [0.717, 1.165) is 40.9 Å². The first-order chi connectivity index (χ1) is 10.6. The van der Waals surface area contributed by atoms with Crippen molar-refractivity contribution in [1.29, 1.82) is 0 Å². The van der Waals surface area contributed by atoms with Gasteiger partial charge in [-0.3, -0.25) is 9.59 Å². The van der Waals surface area contributed by atoms with Crippen LogP contribution >= 0.6 is 27.7 Å². The van der Waals surface area contributed by atoms with Gasteiger partial charge < -0.3 is 10.2 Å². The Morgan fingerprint density at radius 3 is 2.73 bits per heavy atom. The van der Waals surface area contributed by atoms with Crippen molar-refractivity contribution >= 4 is 39.5 Å². The molecule has 0 unspecified atom stereocenters. The van der Waals surface area contributed by atoms with Crippen LogP contribution < -0.4 is 5.32 Å². The lowest BCUT2D eigenvalue weighted by Gasteiger charge is -2.15. The molecule has 1 aliphatic rings. The maximum atomic E-state index is 11.8. The molecule has 0 atom stereocenters. The molecular formula is C16H21BrN2O2S. The number of halogens is 1. The highest BCUT2D eigenvalue weighted by atomic mass is 79.9. The van der Waals surface area contributed by atoms with Gasteiger partial charge >= 0.3 is 0 Å². The zero-order valence-corrected chi connectivity index (χ0v) is 15.1. The Bertz CT molecular complexity index is 545. The van der Waals surface area contributed by atoms with Crippen molar-refractivity contribution in [3.8, 4) is 0 Å². The lowest BCUT2D eigenvalue weighted by molar-refractivity contribution is -0.130. The Balaban J connectivity index is 1.66. The molecule has 1 aromatic rings. The number of carbonyl (C=O) groups excluding carboxylic acids is 2. The molecule has 0 saturated carbocycles. The molecule has 22 heavy (non-hydrogen) atoms. The molecule has 0 spiro atoms. The fraction of sp³-hybridized carbons (Fsp3) is 0.500. The molecule has 1 heterocycles. The first-order valence-electron chi connectivity index (χ1n) is 7.49. The largest absolute Gasteiger partial charge is 0.355 e. The molecule has 1 aromatic carbocycles. The minimum Gasteiger partial charge on any atom is -0.355 e. The van der Waals surface area contributed by atoms with Crippen LogP contribution in [0.15, 0.2) is 27.6 Å². The molecule has 1 saturated heterocycles. The summed E-state index contributed by atoms with van der Waals surface area (Å²) in [7, 11) is 0. The summed E-state index contributed by atoms with van der Waals surface area (Å²) in [6.07, 6.45) is 2.59. The fourth-order valence-corrected chi connectivity index (χ4v) is 3.72. The minimum atomic E-state index is -0.0264. The van der Waals surface area contributed by atoms with Gasteiger partial charge in [0.2, 0.25) is 11.8 Å². The van der Waals surface area contributed by atoms with Crippen LogP contribution in [0.1, 0.15) is 24.8 Å². The van der Waals surface area contributed by atoms with Crippen LogP contribution in [0.2, 0.25) is 0 Å². The molecule has 4 nitrogen and oxygen atoms in total. The standard InChI is InChI=1S/C16H21BrN2O2S/c1-12-10-13(17)4-5-14(12)22-11-15(20)18-7-6-16(21)19-8-2-3-9-19/h4-5,10H,2-3,6-9,11H2,1H3,(H,18,20). The van der Waals surface area contributed by atoms with E-state index in [2.05, 4.69) is 21.2 Å². The summed E-state index contributed by atoms with van der Waals surface area (Å²) >= 11 is 4.95. The highest BCUT2D eigenvalue weighted by molar-refractivity contribution is 9.10. The van der Waals surface area contributed by atoms with E-state index < -0.39 is 0 Å². The number of rotatable bonds is 6. The first-order valence-corrected chi connectivity index (χ1v) is 9.27. The maximum Gasteiger partial charge on any atom is 0.230 e. The van der Waals surface area contributed by atoms with Crippen molar-refractivity contribution in [2.75, 3.05) is 25.4 Å². The topological polar surface area (TPSA) is 49.4 Å². The van der Waals surface area contributed by atoms with Crippen molar-refractivity contribution in [3.63, 3.8) is 0 Å². The number of hydrogen-bond donors (Lipinski definition) is 1. The third-order valence-electron chi connectivity index (χ3n) is 3.62.